The van der Waals surface area contributed by atoms with Gasteiger partial charge in [-0.1, -0.05) is 13.8 Å². The summed E-state index contributed by atoms with van der Waals surface area (Å²) in [6.45, 7) is 4.88. The molecule has 4 nitrogen and oxygen atoms in total. The molecule has 13 heavy (non-hydrogen) atoms. The summed E-state index contributed by atoms with van der Waals surface area (Å²) < 4.78 is 0. The van der Waals surface area contributed by atoms with Gasteiger partial charge in [-0.25, -0.2) is 0 Å². The molecule has 3 N–H and O–H groups in total. The van der Waals surface area contributed by atoms with Crippen LogP contribution in [0.25, 0.3) is 0 Å². The van der Waals surface area contributed by atoms with Crippen LogP contribution in [-0.4, -0.2) is 33.5 Å². The molecule has 0 heterocycles. The molecule has 0 saturated heterocycles. The number of carboxylic acids is 1. The number of hydrogen-bond acceptors (Lipinski definition) is 3. The highest BCUT2D eigenvalue weighted by Crippen LogP contribution is 2.18. The average Bonchev–Trinajstić information content (AvgIpc) is 2.12. The maximum absolute atomic E-state index is 10.5. The zero-order valence-electron chi connectivity index (χ0n) is 8.27. The lowest BCUT2D eigenvalue weighted by atomic mass is 9.88. The van der Waals surface area contributed by atoms with Gasteiger partial charge in [0.05, 0.1) is 18.1 Å². The lowest BCUT2D eigenvalue weighted by Gasteiger charge is -2.25. The number of carboxylic acid groups (broad SMARTS) is 1. The Morgan fingerprint density at radius 3 is 2.08 bits per heavy atom. The van der Waals surface area contributed by atoms with Gasteiger partial charge >= 0.3 is 5.97 Å². The first-order chi connectivity index (χ1) is 5.91. The first-order valence-electron chi connectivity index (χ1n) is 4.50. The molecule has 0 radical (unpaired) electrons. The van der Waals surface area contributed by atoms with Crippen molar-refractivity contribution in [3.63, 3.8) is 0 Å². The average molecular weight is 190 g/mol. The number of rotatable bonds is 5. The second-order valence-corrected chi connectivity index (χ2v) is 3.45. The Morgan fingerprint density at radius 2 is 1.77 bits per heavy atom. The Labute approximate surface area is 78.2 Å². The molecule has 0 fully saturated rings. The monoisotopic (exact) mass is 190 g/mol. The normalized spacial score (nSPS) is 20.4. The minimum absolute atomic E-state index is 0.406. The van der Waals surface area contributed by atoms with Crippen LogP contribution in [0.3, 0.4) is 0 Å². The van der Waals surface area contributed by atoms with E-state index in [2.05, 4.69) is 0 Å². The molecule has 0 unspecified atom stereocenters. The summed E-state index contributed by atoms with van der Waals surface area (Å²) in [5.74, 6) is -2.28. The third-order valence-corrected chi connectivity index (χ3v) is 2.47. The Morgan fingerprint density at radius 1 is 1.31 bits per heavy atom. The van der Waals surface area contributed by atoms with E-state index in [1.54, 1.807) is 13.8 Å². The van der Waals surface area contributed by atoms with Crippen molar-refractivity contribution >= 4 is 5.97 Å². The van der Waals surface area contributed by atoms with Crippen molar-refractivity contribution in [3.8, 4) is 0 Å². The summed E-state index contributed by atoms with van der Waals surface area (Å²) >= 11 is 0. The van der Waals surface area contributed by atoms with Crippen molar-refractivity contribution < 1.29 is 20.1 Å². The quantitative estimate of drug-likeness (QED) is 0.589. The molecule has 0 bridgehead atoms. The standard InChI is InChI=1S/C9H18O4/c1-4-7(10)5(2)8(11)6(3)9(12)13/h5-8,10-11H,4H2,1-3H3,(H,12,13)/t5-,6+,7-,8-/m0/s1. The third-order valence-electron chi connectivity index (χ3n) is 2.47. The topological polar surface area (TPSA) is 77.8 Å². The maximum atomic E-state index is 10.5. The van der Waals surface area contributed by atoms with Crippen LogP contribution < -0.4 is 0 Å². The molecule has 78 valence electrons. The van der Waals surface area contributed by atoms with Crippen molar-refractivity contribution in [2.75, 3.05) is 0 Å². The Hall–Kier alpha value is -0.610. The van der Waals surface area contributed by atoms with E-state index in [-0.39, 0.29) is 0 Å². The molecule has 4 heteroatoms. The van der Waals surface area contributed by atoms with Crippen molar-refractivity contribution in [2.24, 2.45) is 11.8 Å². The van der Waals surface area contributed by atoms with Crippen molar-refractivity contribution in [1.29, 1.82) is 0 Å². The SMILES string of the molecule is CC[C@H](O)[C@H](C)[C@H](O)[C@@H](C)C(=O)O. The molecule has 0 aromatic carbocycles. The molecule has 0 aromatic rings. The van der Waals surface area contributed by atoms with Crippen LogP contribution in [0.1, 0.15) is 27.2 Å². The molecule has 0 amide bonds. The highest BCUT2D eigenvalue weighted by molar-refractivity contribution is 5.70. The Bertz CT molecular complexity index is 169. The van der Waals surface area contributed by atoms with Gasteiger partial charge in [-0.2, -0.15) is 0 Å². The van der Waals surface area contributed by atoms with Crippen LogP contribution in [-0.2, 0) is 4.79 Å². The second kappa shape index (κ2) is 5.19. The summed E-state index contributed by atoms with van der Waals surface area (Å²) in [6.07, 6.45) is -1.12. The highest BCUT2D eigenvalue weighted by atomic mass is 16.4. The summed E-state index contributed by atoms with van der Waals surface area (Å²) in [7, 11) is 0. The summed E-state index contributed by atoms with van der Waals surface area (Å²) in [6, 6.07) is 0. The van der Waals surface area contributed by atoms with E-state index in [1.165, 1.54) is 6.92 Å². The zero-order valence-corrected chi connectivity index (χ0v) is 8.27. The van der Waals surface area contributed by atoms with Crippen LogP contribution in [0.5, 0.6) is 0 Å². The Kier molecular flexibility index (Phi) is 4.95. The summed E-state index contributed by atoms with van der Waals surface area (Å²) in [4.78, 5) is 10.5. The Balaban J connectivity index is 4.24. The predicted molar refractivity (Wildman–Crippen MR) is 48.3 cm³/mol. The van der Waals surface area contributed by atoms with Crippen LogP contribution in [0.2, 0.25) is 0 Å². The molecule has 0 aromatic heterocycles. The number of carbonyl (C=O) groups is 1. The van der Waals surface area contributed by atoms with E-state index >= 15 is 0 Å². The zero-order chi connectivity index (χ0) is 10.6. The van der Waals surface area contributed by atoms with E-state index in [0.29, 0.717) is 6.42 Å². The fourth-order valence-electron chi connectivity index (χ4n) is 1.20. The first-order valence-corrected chi connectivity index (χ1v) is 4.50. The van der Waals surface area contributed by atoms with Gasteiger partial charge in [-0.05, 0) is 13.3 Å². The number of aliphatic hydroxyl groups excluding tert-OH is 2. The van der Waals surface area contributed by atoms with E-state index in [4.69, 9.17) is 5.11 Å². The minimum atomic E-state index is -1.04. The van der Waals surface area contributed by atoms with Gasteiger partial charge in [0.2, 0.25) is 0 Å². The molecule has 0 aliphatic heterocycles. The minimum Gasteiger partial charge on any atom is -0.481 e. The number of aliphatic carboxylic acids is 1. The molecule has 0 saturated carbocycles. The van der Waals surface area contributed by atoms with Crippen molar-refractivity contribution in [3.05, 3.63) is 0 Å². The summed E-state index contributed by atoms with van der Waals surface area (Å²) in [5, 5.41) is 27.5. The van der Waals surface area contributed by atoms with Gasteiger partial charge < -0.3 is 15.3 Å². The molecule has 0 aliphatic rings. The predicted octanol–water partition coefficient (Wildman–Crippen LogP) is 0.475. The van der Waals surface area contributed by atoms with Crippen molar-refractivity contribution in [1.82, 2.24) is 0 Å². The van der Waals surface area contributed by atoms with Gasteiger partial charge in [0.15, 0.2) is 0 Å². The number of hydrogen-bond donors (Lipinski definition) is 3. The van der Waals surface area contributed by atoms with Gasteiger partial charge in [0.1, 0.15) is 0 Å². The van der Waals surface area contributed by atoms with Crippen LogP contribution in [0.4, 0.5) is 0 Å². The molecule has 0 spiro atoms. The van der Waals surface area contributed by atoms with E-state index < -0.39 is 30.0 Å². The van der Waals surface area contributed by atoms with Gasteiger partial charge in [0.25, 0.3) is 0 Å². The smallest absolute Gasteiger partial charge is 0.308 e. The second-order valence-electron chi connectivity index (χ2n) is 3.45. The van der Waals surface area contributed by atoms with Crippen molar-refractivity contribution in [2.45, 2.75) is 39.4 Å². The fourth-order valence-corrected chi connectivity index (χ4v) is 1.20. The van der Waals surface area contributed by atoms with Crippen LogP contribution in [0.15, 0.2) is 0 Å². The summed E-state index contributed by atoms with van der Waals surface area (Å²) in [5.41, 5.74) is 0. The van der Waals surface area contributed by atoms with Gasteiger partial charge in [-0.3, -0.25) is 4.79 Å². The van der Waals surface area contributed by atoms with E-state index in [0.717, 1.165) is 0 Å². The largest absolute Gasteiger partial charge is 0.481 e. The molecule has 4 atom stereocenters. The molecular formula is C9H18O4. The van der Waals surface area contributed by atoms with E-state index in [1.807, 2.05) is 0 Å². The third kappa shape index (κ3) is 3.32. The van der Waals surface area contributed by atoms with E-state index in [9.17, 15) is 15.0 Å². The highest BCUT2D eigenvalue weighted by Gasteiger charge is 2.29. The lowest BCUT2D eigenvalue weighted by molar-refractivity contribution is -0.147. The first kappa shape index (κ1) is 12.4. The molecule has 0 aliphatic carbocycles. The number of aliphatic hydroxyl groups is 2. The van der Waals surface area contributed by atoms with Crippen LogP contribution >= 0.6 is 0 Å². The lowest BCUT2D eigenvalue weighted by Crippen LogP contribution is -2.37. The molecule has 0 rings (SSSR count). The van der Waals surface area contributed by atoms with Gasteiger partial charge in [0, 0.05) is 5.92 Å². The van der Waals surface area contributed by atoms with Crippen LogP contribution in [0, 0.1) is 11.8 Å². The maximum Gasteiger partial charge on any atom is 0.308 e. The fraction of sp³-hybridized carbons (Fsp3) is 0.889. The molecular weight excluding hydrogens is 172 g/mol. The van der Waals surface area contributed by atoms with Gasteiger partial charge in [-0.15, -0.1) is 0 Å².